The molecule has 3 aromatic carbocycles. The molecule has 0 spiro atoms. The smallest absolute Gasteiger partial charge is 0.467 e. The summed E-state index contributed by atoms with van der Waals surface area (Å²) in [5.74, 6) is -31.8. The molecule has 0 amide bonds. The van der Waals surface area contributed by atoms with Gasteiger partial charge in [-0.1, -0.05) is 42.5 Å². The number of hydrogen-bond acceptors (Lipinski definition) is 3. The van der Waals surface area contributed by atoms with E-state index >= 15 is 17.6 Å². The molecule has 0 saturated carbocycles. The van der Waals surface area contributed by atoms with Gasteiger partial charge in [0.15, 0.2) is 11.4 Å². The van der Waals surface area contributed by atoms with Crippen LogP contribution in [-0.2, 0) is 6.54 Å². The molecule has 2 atom stereocenters. The molecule has 1 aliphatic rings. The summed E-state index contributed by atoms with van der Waals surface area (Å²) in [4.78, 5) is -1.000. The predicted molar refractivity (Wildman–Crippen MR) is 136 cm³/mol. The summed E-state index contributed by atoms with van der Waals surface area (Å²) < 4.78 is 197. The second-order valence-electron chi connectivity index (χ2n) is 10.4. The van der Waals surface area contributed by atoms with E-state index in [1.165, 1.54) is 55.6 Å². The van der Waals surface area contributed by atoms with Crippen molar-refractivity contribution in [3.63, 3.8) is 0 Å². The molecule has 248 valence electrons. The van der Waals surface area contributed by atoms with Crippen LogP contribution < -0.4 is 14.5 Å². The molecule has 1 aromatic heterocycles. The molecule has 1 aliphatic heterocycles. The number of benzene rings is 3. The number of furan rings is 1. The lowest BCUT2D eigenvalue weighted by Crippen LogP contribution is -3.17. The number of ether oxygens (including phenoxy) is 1. The molecule has 17 heteroatoms. The molecule has 0 bridgehead atoms. The topological polar surface area (TPSA) is 30.1 Å². The number of nitrogens with one attached hydrogen (secondary N) is 1. The standard InChI is InChI=1S/C29H19F13N2O2/c1-45-18-12-11-17-13-22(46-21(17)14-18)23-43(15-16-7-3-2-4-8-16)19-9-5-6-10-20(19)44(23)29(41,42)27(36,37)25(32,33)24(30,31)26(34,35)28(38,39)40/h2-14,23H,15H2,1H3/p+1. The third-order valence-electron chi connectivity index (χ3n) is 7.57. The van der Waals surface area contributed by atoms with E-state index in [-0.39, 0.29) is 22.4 Å². The van der Waals surface area contributed by atoms with Gasteiger partial charge in [0.1, 0.15) is 17.0 Å². The summed E-state index contributed by atoms with van der Waals surface area (Å²) in [7, 11) is 1.27. The Labute approximate surface area is 250 Å². The summed E-state index contributed by atoms with van der Waals surface area (Å²) in [6, 6.07) is 10.4. The molecule has 0 fully saturated rings. The molecule has 2 heterocycles. The van der Waals surface area contributed by atoms with Crippen molar-refractivity contribution in [1.82, 2.24) is 0 Å². The number of fused-ring (bicyclic) bond motifs is 2. The van der Waals surface area contributed by atoms with Crippen molar-refractivity contribution in [1.29, 1.82) is 0 Å². The maximum Gasteiger partial charge on any atom is 0.467 e. The average Bonchev–Trinajstić information content (AvgIpc) is 3.55. The molecule has 4 nitrogen and oxygen atoms in total. The van der Waals surface area contributed by atoms with Crippen molar-refractivity contribution in [3.05, 3.63) is 90.2 Å². The van der Waals surface area contributed by atoms with Crippen LogP contribution in [0.15, 0.2) is 83.3 Å². The van der Waals surface area contributed by atoms with E-state index in [0.29, 0.717) is 5.56 Å². The maximum absolute atomic E-state index is 16.1. The molecular formula is C29H20F13N2O2+. The van der Waals surface area contributed by atoms with Crippen LogP contribution in [0.1, 0.15) is 17.5 Å². The van der Waals surface area contributed by atoms with Crippen molar-refractivity contribution in [3.8, 4) is 5.75 Å². The van der Waals surface area contributed by atoms with Crippen LogP contribution in [0.5, 0.6) is 5.75 Å². The van der Waals surface area contributed by atoms with Crippen molar-refractivity contribution in [2.45, 2.75) is 48.6 Å². The van der Waals surface area contributed by atoms with E-state index in [1.54, 1.807) is 6.07 Å². The van der Waals surface area contributed by atoms with Crippen LogP contribution in [0.25, 0.3) is 11.0 Å². The Morgan fingerprint density at radius 1 is 0.696 bits per heavy atom. The number of anilines is 1. The van der Waals surface area contributed by atoms with Gasteiger partial charge in [-0.25, -0.2) is 4.90 Å². The molecule has 0 radical (unpaired) electrons. The van der Waals surface area contributed by atoms with Crippen LogP contribution in [0.2, 0.25) is 0 Å². The Bertz CT molecular complexity index is 1720. The highest BCUT2D eigenvalue weighted by Gasteiger charge is 2.93. The van der Waals surface area contributed by atoms with E-state index in [2.05, 4.69) is 0 Å². The second-order valence-corrected chi connectivity index (χ2v) is 10.4. The highest BCUT2D eigenvalue weighted by molar-refractivity contribution is 5.80. The fourth-order valence-electron chi connectivity index (χ4n) is 5.22. The first kappa shape index (κ1) is 33.2. The zero-order chi connectivity index (χ0) is 34.1. The maximum atomic E-state index is 16.1. The highest BCUT2D eigenvalue weighted by Crippen LogP contribution is 2.60. The van der Waals surface area contributed by atoms with E-state index in [1.807, 2.05) is 0 Å². The van der Waals surface area contributed by atoms with Gasteiger partial charge in [-0.15, -0.1) is 8.78 Å². The van der Waals surface area contributed by atoms with Gasteiger partial charge in [0, 0.05) is 24.1 Å². The lowest BCUT2D eigenvalue weighted by atomic mass is 9.95. The molecule has 4 aromatic rings. The number of alkyl halides is 13. The Morgan fingerprint density at radius 2 is 1.28 bits per heavy atom. The molecule has 2 unspecified atom stereocenters. The summed E-state index contributed by atoms with van der Waals surface area (Å²) in [5, 5.41) is 0.169. The Hall–Kier alpha value is -4.15. The average molecular weight is 675 g/mol. The normalized spacial score (nSPS) is 18.3. The quantitative estimate of drug-likeness (QED) is 0.143. The minimum atomic E-state index is -8.03. The first-order chi connectivity index (χ1) is 21.2. The number of rotatable bonds is 9. The summed E-state index contributed by atoms with van der Waals surface area (Å²) in [6.45, 7) is -0.396. The first-order valence-electron chi connectivity index (χ1n) is 13.0. The molecule has 5 rings (SSSR count). The van der Waals surface area contributed by atoms with Gasteiger partial charge in [0.25, 0.3) is 0 Å². The number of nitrogens with zero attached hydrogens (tertiary/aromatic N) is 1. The lowest BCUT2D eigenvalue weighted by molar-refractivity contribution is -0.970. The first-order valence-corrected chi connectivity index (χ1v) is 13.0. The number of halogens is 13. The fourth-order valence-corrected chi connectivity index (χ4v) is 5.22. The monoisotopic (exact) mass is 675 g/mol. The summed E-state index contributed by atoms with van der Waals surface area (Å²) in [5.41, 5.74) is -0.914. The molecule has 0 aliphatic carbocycles. The third-order valence-corrected chi connectivity index (χ3v) is 7.57. The third kappa shape index (κ3) is 4.72. The lowest BCUT2D eigenvalue weighted by Gasteiger charge is -2.41. The van der Waals surface area contributed by atoms with Gasteiger partial charge in [0.2, 0.25) is 6.17 Å². The van der Waals surface area contributed by atoms with Crippen molar-refractivity contribution >= 4 is 22.3 Å². The molecular weight excluding hydrogens is 655 g/mol. The van der Waals surface area contributed by atoms with Crippen LogP contribution in [0, 0.1) is 0 Å². The molecule has 46 heavy (non-hydrogen) atoms. The van der Waals surface area contributed by atoms with Crippen molar-refractivity contribution < 1.29 is 71.1 Å². The van der Waals surface area contributed by atoms with Gasteiger partial charge in [-0.2, -0.15) is 48.3 Å². The van der Waals surface area contributed by atoms with Gasteiger partial charge in [-0.05, 0) is 29.8 Å². The highest BCUT2D eigenvalue weighted by atomic mass is 19.4. The SMILES string of the molecule is COc1ccc2cc(C3N(Cc4ccccc4)c4ccccc4[NH+]3C(F)(F)C(F)(F)C(F)(F)C(F)(F)C(F)(F)C(F)(F)F)oc2c1. The number of methoxy groups -OCH3 is 1. The van der Waals surface area contributed by atoms with Crippen molar-refractivity contribution in [2.75, 3.05) is 12.0 Å². The van der Waals surface area contributed by atoms with Gasteiger partial charge in [-0.3, -0.25) is 0 Å². The van der Waals surface area contributed by atoms with E-state index in [9.17, 15) is 39.5 Å². The predicted octanol–water partition coefficient (Wildman–Crippen LogP) is 8.37. The zero-order valence-electron chi connectivity index (χ0n) is 23.0. The second kappa shape index (κ2) is 10.7. The van der Waals surface area contributed by atoms with Crippen LogP contribution in [0.4, 0.5) is 68.5 Å². The van der Waals surface area contributed by atoms with Crippen LogP contribution >= 0.6 is 0 Å². The molecule has 0 saturated heterocycles. The van der Waals surface area contributed by atoms with Gasteiger partial charge < -0.3 is 14.1 Å². The zero-order valence-corrected chi connectivity index (χ0v) is 23.0. The minimum absolute atomic E-state index is 0.0684. The number of quaternary nitrogens is 1. The number of para-hydroxylation sites is 2. The fraction of sp³-hybridized carbons (Fsp3) is 0.310. The Kier molecular flexibility index (Phi) is 7.73. The molecule has 1 N–H and O–H groups in total. The summed E-state index contributed by atoms with van der Waals surface area (Å²) in [6.07, 6.45) is -9.80. The largest absolute Gasteiger partial charge is 0.497 e. The van der Waals surface area contributed by atoms with Crippen LogP contribution in [-0.4, -0.2) is 43.0 Å². The Balaban J connectivity index is 1.73. The van der Waals surface area contributed by atoms with E-state index in [4.69, 9.17) is 9.15 Å². The Morgan fingerprint density at radius 3 is 1.89 bits per heavy atom. The minimum Gasteiger partial charge on any atom is -0.497 e. The van der Waals surface area contributed by atoms with Gasteiger partial charge >= 0.3 is 35.9 Å². The van der Waals surface area contributed by atoms with Crippen molar-refractivity contribution in [2.24, 2.45) is 0 Å². The summed E-state index contributed by atoms with van der Waals surface area (Å²) >= 11 is 0. The van der Waals surface area contributed by atoms with Gasteiger partial charge in [0.05, 0.1) is 7.11 Å². The van der Waals surface area contributed by atoms with E-state index in [0.717, 1.165) is 29.2 Å². The van der Waals surface area contributed by atoms with E-state index < -0.39 is 65.0 Å². The van der Waals surface area contributed by atoms with Crippen LogP contribution in [0.3, 0.4) is 0 Å². The number of hydrogen-bond donors (Lipinski definition) is 1.